The van der Waals surface area contributed by atoms with E-state index in [1.807, 2.05) is 31.2 Å². The third-order valence-corrected chi connectivity index (χ3v) is 4.96. The number of phenolic OH excluding ortho intramolecular Hbond substituents is 1. The fraction of sp³-hybridized carbons (Fsp3) is 0.174. The zero-order valence-electron chi connectivity index (χ0n) is 16.5. The van der Waals surface area contributed by atoms with Crippen LogP contribution >= 0.6 is 0 Å². The first-order valence-electron chi connectivity index (χ1n) is 9.29. The zero-order chi connectivity index (χ0) is 21.3. The molecule has 0 amide bonds. The molecule has 2 aromatic heterocycles. The van der Waals surface area contributed by atoms with Crippen molar-refractivity contribution in [3.05, 3.63) is 71.1 Å². The van der Waals surface area contributed by atoms with Crippen LogP contribution in [0.5, 0.6) is 5.75 Å². The third kappa shape index (κ3) is 3.57. The second-order valence-electron chi connectivity index (χ2n) is 6.85. The molecule has 0 saturated carbocycles. The normalized spacial score (nSPS) is 11.0. The molecule has 0 aliphatic carbocycles. The van der Waals surface area contributed by atoms with Crippen molar-refractivity contribution in [2.75, 3.05) is 7.11 Å². The molecule has 0 radical (unpaired) electrons. The number of methoxy groups -OCH3 is 1. The Hall–Kier alpha value is -3.87. The van der Waals surface area contributed by atoms with Gasteiger partial charge in [0.15, 0.2) is 0 Å². The van der Waals surface area contributed by atoms with Crippen LogP contribution in [0, 0.1) is 6.92 Å². The molecule has 0 unspecified atom stereocenters. The Kier molecular flexibility index (Phi) is 5.10. The highest BCUT2D eigenvalue weighted by atomic mass is 16.5. The van der Waals surface area contributed by atoms with Crippen LogP contribution in [-0.4, -0.2) is 29.1 Å². The molecule has 1 N–H and O–H groups in total. The van der Waals surface area contributed by atoms with Crippen LogP contribution in [0.3, 0.4) is 0 Å². The van der Waals surface area contributed by atoms with E-state index >= 15 is 0 Å². The van der Waals surface area contributed by atoms with E-state index in [1.54, 1.807) is 6.07 Å². The first kappa shape index (κ1) is 19.4. The van der Waals surface area contributed by atoms with E-state index in [0.29, 0.717) is 27.9 Å². The molecule has 7 heteroatoms. The fourth-order valence-corrected chi connectivity index (χ4v) is 3.48. The van der Waals surface area contributed by atoms with Gasteiger partial charge in [-0.25, -0.2) is 9.78 Å². The minimum absolute atomic E-state index is 0.0160. The summed E-state index contributed by atoms with van der Waals surface area (Å²) in [5.41, 5.74) is 3.19. The summed E-state index contributed by atoms with van der Waals surface area (Å²) in [7, 11) is 1.30. The number of aromatic nitrogens is 1. The molecule has 0 saturated heterocycles. The van der Waals surface area contributed by atoms with Gasteiger partial charge in [-0.3, -0.25) is 4.79 Å². The molecule has 0 bridgehead atoms. The highest BCUT2D eigenvalue weighted by Crippen LogP contribution is 2.26. The molecule has 0 spiro atoms. The number of carbonyl (C=O) groups is 2. The highest BCUT2D eigenvalue weighted by molar-refractivity contribution is 5.98. The second kappa shape index (κ2) is 7.87. The Morgan fingerprint density at radius 2 is 1.93 bits per heavy atom. The molecule has 30 heavy (non-hydrogen) atoms. The van der Waals surface area contributed by atoms with E-state index in [-0.39, 0.29) is 18.8 Å². The summed E-state index contributed by atoms with van der Waals surface area (Å²) in [5.74, 6) is -0.939. The van der Waals surface area contributed by atoms with E-state index in [1.165, 1.54) is 25.5 Å². The molecule has 0 fully saturated rings. The number of nitrogens with zero attached hydrogens (tertiary/aromatic N) is 1. The van der Waals surface area contributed by atoms with Crippen molar-refractivity contribution in [2.24, 2.45) is 0 Å². The van der Waals surface area contributed by atoms with Crippen molar-refractivity contribution in [3.8, 4) is 5.75 Å². The van der Waals surface area contributed by atoms with Crippen molar-refractivity contribution < 1.29 is 28.6 Å². The summed E-state index contributed by atoms with van der Waals surface area (Å²) < 4.78 is 15.7. The molecule has 7 nitrogen and oxygen atoms in total. The predicted molar refractivity (Wildman–Crippen MR) is 109 cm³/mol. The van der Waals surface area contributed by atoms with Gasteiger partial charge in [0.2, 0.25) is 0 Å². The van der Waals surface area contributed by atoms with E-state index in [4.69, 9.17) is 13.9 Å². The molecule has 4 aromatic rings. The Morgan fingerprint density at radius 1 is 1.13 bits per heavy atom. The number of ether oxygens (including phenoxy) is 2. The molecule has 152 valence electrons. The van der Waals surface area contributed by atoms with Crippen molar-refractivity contribution in [3.63, 3.8) is 0 Å². The first-order chi connectivity index (χ1) is 14.5. The number of aryl methyl sites for hydroxylation is 1. The molecular weight excluding hydrogens is 386 g/mol. The molecule has 4 rings (SSSR count). The van der Waals surface area contributed by atoms with Crippen molar-refractivity contribution in [1.82, 2.24) is 4.98 Å². The molecular formula is C23H19NO6. The number of fused-ring (bicyclic) bond motifs is 2. The predicted octanol–water partition coefficient (Wildman–Crippen LogP) is 4.07. The average molecular weight is 405 g/mol. The van der Waals surface area contributed by atoms with Gasteiger partial charge < -0.3 is 19.0 Å². The largest absolute Gasteiger partial charge is 0.508 e. The van der Waals surface area contributed by atoms with Gasteiger partial charge in [0.25, 0.3) is 0 Å². The second-order valence-corrected chi connectivity index (χ2v) is 6.85. The van der Waals surface area contributed by atoms with Crippen LogP contribution in [-0.2, 0) is 27.3 Å². The number of carbonyl (C=O) groups excluding carboxylic acids is 2. The lowest BCUT2D eigenvalue weighted by Gasteiger charge is -2.13. The number of esters is 2. The Labute approximate surface area is 171 Å². The number of furan rings is 1. The summed E-state index contributed by atoms with van der Waals surface area (Å²) in [5, 5.41) is 11.1. The number of hydrogen-bond donors (Lipinski definition) is 1. The van der Waals surface area contributed by atoms with Crippen molar-refractivity contribution >= 4 is 33.8 Å². The van der Waals surface area contributed by atoms with Crippen molar-refractivity contribution in [2.45, 2.75) is 20.0 Å². The number of benzene rings is 2. The van der Waals surface area contributed by atoms with Gasteiger partial charge in [-0.2, -0.15) is 0 Å². The molecule has 2 heterocycles. The van der Waals surface area contributed by atoms with Crippen LogP contribution in [0.4, 0.5) is 0 Å². The average Bonchev–Trinajstić information content (AvgIpc) is 3.13. The van der Waals surface area contributed by atoms with Gasteiger partial charge in [0.05, 0.1) is 36.6 Å². The number of para-hydroxylation sites is 1. The van der Waals surface area contributed by atoms with Gasteiger partial charge >= 0.3 is 11.9 Å². The number of phenols is 1. The van der Waals surface area contributed by atoms with Gasteiger partial charge in [-0.05, 0) is 30.7 Å². The van der Waals surface area contributed by atoms with Crippen LogP contribution in [0.2, 0.25) is 0 Å². The van der Waals surface area contributed by atoms with Gasteiger partial charge in [-0.1, -0.05) is 18.2 Å². The minimum atomic E-state index is -0.530. The number of aromatic hydroxyl groups is 1. The summed E-state index contributed by atoms with van der Waals surface area (Å²) in [6, 6.07) is 12.1. The maximum Gasteiger partial charge on any atom is 0.340 e. The lowest BCUT2D eigenvalue weighted by molar-refractivity contribution is -0.144. The van der Waals surface area contributed by atoms with E-state index in [2.05, 4.69) is 4.98 Å². The quantitative estimate of drug-likeness (QED) is 0.500. The Morgan fingerprint density at radius 3 is 2.73 bits per heavy atom. The van der Waals surface area contributed by atoms with Crippen LogP contribution in [0.1, 0.15) is 27.2 Å². The minimum Gasteiger partial charge on any atom is -0.508 e. The maximum atomic E-state index is 12.4. The lowest BCUT2D eigenvalue weighted by Crippen LogP contribution is -2.14. The molecule has 0 aliphatic heterocycles. The van der Waals surface area contributed by atoms with Crippen LogP contribution in [0.25, 0.3) is 21.9 Å². The van der Waals surface area contributed by atoms with Gasteiger partial charge in [0, 0.05) is 22.4 Å². The molecule has 0 aliphatic rings. The highest BCUT2D eigenvalue weighted by Gasteiger charge is 2.21. The first-order valence-corrected chi connectivity index (χ1v) is 9.29. The monoisotopic (exact) mass is 405 g/mol. The fourth-order valence-electron chi connectivity index (χ4n) is 3.48. The van der Waals surface area contributed by atoms with Crippen molar-refractivity contribution in [1.29, 1.82) is 0 Å². The Bertz CT molecular complexity index is 1270. The number of hydrogen-bond acceptors (Lipinski definition) is 7. The Balaban J connectivity index is 1.58. The number of pyridine rings is 1. The number of rotatable bonds is 5. The molecule has 2 aromatic carbocycles. The summed E-state index contributed by atoms with van der Waals surface area (Å²) in [4.78, 5) is 29.3. The SMILES string of the molecule is COC(=O)c1c(COC(=O)Cc2coc3cc(O)ccc23)nc2ccccc2c1C. The van der Waals surface area contributed by atoms with Crippen LogP contribution < -0.4 is 0 Å². The van der Waals surface area contributed by atoms with Gasteiger partial charge in [0.1, 0.15) is 17.9 Å². The summed E-state index contributed by atoms with van der Waals surface area (Å²) in [6.07, 6.45) is 1.45. The smallest absolute Gasteiger partial charge is 0.340 e. The zero-order valence-corrected chi connectivity index (χ0v) is 16.5. The standard InChI is InChI=1S/C23H19NO6/c1-13-16-5-3-4-6-18(16)24-19(22(13)23(27)28-2)12-30-21(26)9-14-11-29-20-10-15(25)7-8-17(14)20/h3-8,10-11,25H,9,12H2,1-2H3. The maximum absolute atomic E-state index is 12.4. The van der Waals surface area contributed by atoms with Gasteiger partial charge in [-0.15, -0.1) is 0 Å². The van der Waals surface area contributed by atoms with E-state index in [9.17, 15) is 14.7 Å². The summed E-state index contributed by atoms with van der Waals surface area (Å²) in [6.45, 7) is 1.65. The molecule has 0 atom stereocenters. The van der Waals surface area contributed by atoms with E-state index < -0.39 is 11.9 Å². The lowest BCUT2D eigenvalue weighted by atomic mass is 10.0. The topological polar surface area (TPSA) is 98.9 Å². The van der Waals surface area contributed by atoms with E-state index in [0.717, 1.165) is 16.3 Å². The summed E-state index contributed by atoms with van der Waals surface area (Å²) >= 11 is 0. The van der Waals surface area contributed by atoms with Crippen LogP contribution in [0.15, 0.2) is 53.1 Å². The third-order valence-electron chi connectivity index (χ3n) is 4.96.